The van der Waals surface area contributed by atoms with Gasteiger partial charge in [-0.3, -0.25) is 0 Å². The van der Waals surface area contributed by atoms with Gasteiger partial charge in [-0.05, 0) is 49.1 Å². The number of benzene rings is 1. The van der Waals surface area contributed by atoms with Crippen LogP contribution < -0.4 is 4.74 Å². The molecule has 2 nitrogen and oxygen atoms in total. The van der Waals surface area contributed by atoms with Crippen molar-refractivity contribution in [3.05, 3.63) is 29.8 Å². The molecule has 1 aliphatic rings. The largest absolute Gasteiger partial charge is 0.496 e. The summed E-state index contributed by atoms with van der Waals surface area (Å²) in [6, 6.07) is 8.18. The summed E-state index contributed by atoms with van der Waals surface area (Å²) < 4.78 is 5.41. The molecule has 0 radical (unpaired) electrons. The van der Waals surface area contributed by atoms with Crippen LogP contribution in [0.5, 0.6) is 5.75 Å². The second kappa shape index (κ2) is 6.95. The van der Waals surface area contributed by atoms with Crippen molar-refractivity contribution in [2.45, 2.75) is 51.6 Å². The lowest BCUT2D eigenvalue weighted by atomic mass is 9.75. The number of ether oxygens (including phenoxy) is 1. The van der Waals surface area contributed by atoms with Crippen molar-refractivity contribution in [1.29, 1.82) is 0 Å². The highest BCUT2D eigenvalue weighted by Crippen LogP contribution is 2.35. The van der Waals surface area contributed by atoms with Crippen molar-refractivity contribution in [3.8, 4) is 5.75 Å². The Hall–Kier alpha value is -1.02. The van der Waals surface area contributed by atoms with E-state index in [2.05, 4.69) is 19.1 Å². The Labute approximate surface area is 116 Å². The molecule has 3 atom stereocenters. The first kappa shape index (κ1) is 14.4. The standard InChI is InChI=1S/C17H26O2/c1-3-6-13-9-10-16(18)15(11-13)12-14-7-4-5-8-17(14)19-2/h4-5,7-8,13,15-16,18H,3,6,9-12H2,1-2H3. The van der Waals surface area contributed by atoms with Gasteiger partial charge in [-0.2, -0.15) is 0 Å². The van der Waals surface area contributed by atoms with Crippen LogP contribution in [0.25, 0.3) is 0 Å². The van der Waals surface area contributed by atoms with Crippen molar-refractivity contribution in [2.24, 2.45) is 11.8 Å². The van der Waals surface area contributed by atoms with Gasteiger partial charge in [0.25, 0.3) is 0 Å². The number of aliphatic hydroxyl groups is 1. The third kappa shape index (κ3) is 3.73. The fraction of sp³-hybridized carbons (Fsp3) is 0.647. The summed E-state index contributed by atoms with van der Waals surface area (Å²) in [5.74, 6) is 2.14. The summed E-state index contributed by atoms with van der Waals surface area (Å²) in [5, 5.41) is 10.2. The van der Waals surface area contributed by atoms with Gasteiger partial charge in [0.2, 0.25) is 0 Å². The molecule has 0 heterocycles. The van der Waals surface area contributed by atoms with Crippen molar-refractivity contribution < 1.29 is 9.84 Å². The van der Waals surface area contributed by atoms with Gasteiger partial charge < -0.3 is 9.84 Å². The zero-order valence-electron chi connectivity index (χ0n) is 12.1. The fourth-order valence-electron chi connectivity index (χ4n) is 3.39. The first-order valence-electron chi connectivity index (χ1n) is 7.54. The minimum absolute atomic E-state index is 0.141. The molecule has 1 aliphatic carbocycles. The van der Waals surface area contributed by atoms with Crippen molar-refractivity contribution in [1.82, 2.24) is 0 Å². The number of methoxy groups -OCH3 is 1. The smallest absolute Gasteiger partial charge is 0.122 e. The molecule has 0 bridgehead atoms. The molecule has 1 saturated carbocycles. The van der Waals surface area contributed by atoms with Gasteiger partial charge in [0.1, 0.15) is 5.75 Å². The third-order valence-electron chi connectivity index (χ3n) is 4.42. The Morgan fingerprint density at radius 3 is 2.79 bits per heavy atom. The summed E-state index contributed by atoms with van der Waals surface area (Å²) in [6.07, 6.45) is 6.66. The number of para-hydroxylation sites is 1. The number of hydrogen-bond donors (Lipinski definition) is 1. The van der Waals surface area contributed by atoms with Crippen LogP contribution in [0.15, 0.2) is 24.3 Å². The zero-order valence-corrected chi connectivity index (χ0v) is 12.1. The molecule has 1 aromatic carbocycles. The Kier molecular flexibility index (Phi) is 5.26. The van der Waals surface area contributed by atoms with Crippen LogP contribution in [0.4, 0.5) is 0 Å². The van der Waals surface area contributed by atoms with E-state index >= 15 is 0 Å². The maximum Gasteiger partial charge on any atom is 0.122 e. The van der Waals surface area contributed by atoms with E-state index in [1.807, 2.05) is 12.1 Å². The predicted octanol–water partition coefficient (Wildman–Crippen LogP) is 3.82. The minimum Gasteiger partial charge on any atom is -0.496 e. The Balaban J connectivity index is 2.03. The summed E-state index contributed by atoms with van der Waals surface area (Å²) in [4.78, 5) is 0. The van der Waals surface area contributed by atoms with E-state index in [0.29, 0.717) is 5.92 Å². The molecule has 19 heavy (non-hydrogen) atoms. The minimum atomic E-state index is -0.141. The Morgan fingerprint density at radius 1 is 1.26 bits per heavy atom. The maximum atomic E-state index is 10.2. The second-order valence-electron chi connectivity index (χ2n) is 5.81. The van der Waals surface area contributed by atoms with Crippen molar-refractivity contribution in [3.63, 3.8) is 0 Å². The molecule has 1 N–H and O–H groups in total. The quantitative estimate of drug-likeness (QED) is 0.874. The second-order valence-corrected chi connectivity index (χ2v) is 5.81. The topological polar surface area (TPSA) is 29.5 Å². The molecule has 106 valence electrons. The predicted molar refractivity (Wildman–Crippen MR) is 78.4 cm³/mol. The van der Waals surface area contributed by atoms with E-state index in [1.54, 1.807) is 7.11 Å². The van der Waals surface area contributed by atoms with Crippen LogP contribution in [0, 0.1) is 11.8 Å². The van der Waals surface area contributed by atoms with Gasteiger partial charge in [0.15, 0.2) is 0 Å². The zero-order chi connectivity index (χ0) is 13.7. The molecule has 0 saturated heterocycles. The normalized spacial score (nSPS) is 27.2. The van der Waals surface area contributed by atoms with E-state index in [9.17, 15) is 5.11 Å². The molecule has 0 amide bonds. The first-order chi connectivity index (χ1) is 9.24. The molecule has 0 aliphatic heterocycles. The third-order valence-corrected chi connectivity index (χ3v) is 4.42. The summed E-state index contributed by atoms with van der Waals surface area (Å²) >= 11 is 0. The maximum absolute atomic E-state index is 10.2. The van der Waals surface area contributed by atoms with Crippen LogP contribution in [-0.4, -0.2) is 18.3 Å². The highest BCUT2D eigenvalue weighted by atomic mass is 16.5. The van der Waals surface area contributed by atoms with Gasteiger partial charge >= 0.3 is 0 Å². The molecule has 3 unspecified atom stereocenters. The van der Waals surface area contributed by atoms with Gasteiger partial charge in [0.05, 0.1) is 13.2 Å². The summed E-state index contributed by atoms with van der Waals surface area (Å²) in [7, 11) is 1.72. The van der Waals surface area contributed by atoms with Gasteiger partial charge in [-0.15, -0.1) is 0 Å². The highest BCUT2D eigenvalue weighted by Gasteiger charge is 2.29. The van der Waals surface area contributed by atoms with E-state index in [-0.39, 0.29) is 6.10 Å². The lowest BCUT2D eigenvalue weighted by molar-refractivity contribution is 0.0460. The number of rotatable bonds is 5. The number of aliphatic hydroxyl groups excluding tert-OH is 1. The van der Waals surface area contributed by atoms with E-state index in [0.717, 1.165) is 30.9 Å². The number of hydrogen-bond acceptors (Lipinski definition) is 2. The highest BCUT2D eigenvalue weighted by molar-refractivity contribution is 5.33. The van der Waals surface area contributed by atoms with Crippen LogP contribution in [0.1, 0.15) is 44.6 Å². The van der Waals surface area contributed by atoms with E-state index < -0.39 is 0 Å². The molecule has 1 fully saturated rings. The van der Waals surface area contributed by atoms with Crippen LogP contribution in [0.3, 0.4) is 0 Å². The van der Waals surface area contributed by atoms with Gasteiger partial charge in [0, 0.05) is 0 Å². The molecule has 2 rings (SSSR count). The molecule has 0 spiro atoms. The first-order valence-corrected chi connectivity index (χ1v) is 7.54. The van der Waals surface area contributed by atoms with Crippen molar-refractivity contribution >= 4 is 0 Å². The molecule has 1 aromatic rings. The molecular weight excluding hydrogens is 236 g/mol. The molecule has 2 heteroatoms. The van der Waals surface area contributed by atoms with Crippen LogP contribution in [0.2, 0.25) is 0 Å². The fourth-order valence-corrected chi connectivity index (χ4v) is 3.39. The SMILES string of the molecule is CCCC1CCC(O)C(Cc2ccccc2OC)C1. The van der Waals surface area contributed by atoms with E-state index in [1.165, 1.54) is 24.8 Å². The summed E-state index contributed by atoms with van der Waals surface area (Å²) in [6.45, 7) is 2.25. The lowest BCUT2D eigenvalue weighted by Crippen LogP contribution is -2.30. The summed E-state index contributed by atoms with van der Waals surface area (Å²) in [5.41, 5.74) is 1.23. The molecule has 0 aromatic heterocycles. The van der Waals surface area contributed by atoms with E-state index in [4.69, 9.17) is 4.74 Å². The van der Waals surface area contributed by atoms with Gasteiger partial charge in [-0.1, -0.05) is 38.0 Å². The van der Waals surface area contributed by atoms with Gasteiger partial charge in [-0.25, -0.2) is 0 Å². The monoisotopic (exact) mass is 262 g/mol. The lowest BCUT2D eigenvalue weighted by Gasteiger charge is -2.33. The van der Waals surface area contributed by atoms with Crippen molar-refractivity contribution in [2.75, 3.05) is 7.11 Å². The Bertz CT molecular complexity index is 389. The molecular formula is C17H26O2. The Morgan fingerprint density at radius 2 is 2.05 bits per heavy atom. The van der Waals surface area contributed by atoms with Crippen LogP contribution in [-0.2, 0) is 6.42 Å². The average Bonchev–Trinajstić information content (AvgIpc) is 2.43. The van der Waals surface area contributed by atoms with Crippen LogP contribution >= 0.6 is 0 Å². The average molecular weight is 262 g/mol.